The topological polar surface area (TPSA) is 74.6 Å². The zero-order chi connectivity index (χ0) is 23.6. The number of rotatable bonds is 7. The van der Waals surface area contributed by atoms with Crippen LogP contribution in [0.3, 0.4) is 0 Å². The third-order valence-corrected chi connectivity index (χ3v) is 6.27. The van der Waals surface area contributed by atoms with Crippen LogP contribution in [0, 0.1) is 0 Å². The predicted molar refractivity (Wildman–Crippen MR) is 136 cm³/mol. The van der Waals surface area contributed by atoms with Crippen molar-refractivity contribution in [3.63, 3.8) is 0 Å². The van der Waals surface area contributed by atoms with E-state index >= 15 is 0 Å². The van der Waals surface area contributed by atoms with Gasteiger partial charge < -0.3 is 15.5 Å². The number of likely N-dealkylation sites (N-methyl/N-ethyl adjacent to an activating group) is 1. The molecule has 0 saturated carbocycles. The smallest absolute Gasteiger partial charge is 0.239 e. The monoisotopic (exact) mass is 482 g/mol. The van der Waals surface area contributed by atoms with Gasteiger partial charge in [0.2, 0.25) is 16.0 Å². The summed E-state index contributed by atoms with van der Waals surface area (Å²) in [5.41, 5.74) is 2.59. The minimum absolute atomic E-state index is 0.108. The molecule has 0 aliphatic carbocycles. The minimum atomic E-state index is -0.173. The van der Waals surface area contributed by atoms with E-state index in [4.69, 9.17) is 21.7 Å². The summed E-state index contributed by atoms with van der Waals surface area (Å²) in [5.74, 6) is 0.728. The molecule has 0 atom stereocenters. The van der Waals surface area contributed by atoms with E-state index in [1.54, 1.807) is 0 Å². The maximum Gasteiger partial charge on any atom is 0.239 e. The second-order valence-electron chi connectivity index (χ2n) is 8.85. The Labute approximate surface area is 202 Å². The Hall–Kier alpha value is -3.10. The molecular formula is C24H27ClN6OS. The van der Waals surface area contributed by atoms with Gasteiger partial charge in [0.25, 0.3) is 0 Å². The van der Waals surface area contributed by atoms with E-state index in [9.17, 15) is 4.79 Å². The Balaban J connectivity index is 1.53. The Morgan fingerprint density at radius 1 is 1.12 bits per heavy atom. The largest absolute Gasteiger partial charge is 0.364 e. The van der Waals surface area contributed by atoms with Gasteiger partial charge in [0.1, 0.15) is 5.69 Å². The summed E-state index contributed by atoms with van der Waals surface area (Å²) in [7, 11) is 1.85. The van der Waals surface area contributed by atoms with Gasteiger partial charge in [0.05, 0.1) is 6.54 Å². The molecule has 1 amide bonds. The highest BCUT2D eigenvalue weighted by atomic mass is 35.5. The van der Waals surface area contributed by atoms with E-state index in [2.05, 4.69) is 31.4 Å². The van der Waals surface area contributed by atoms with Crippen molar-refractivity contribution in [1.82, 2.24) is 19.9 Å². The first kappa shape index (κ1) is 23.1. The number of carbonyl (C=O) groups is 1. The second kappa shape index (κ2) is 9.41. The number of nitrogens with zero attached hydrogens (tertiary/aromatic N) is 4. The average Bonchev–Trinajstić information content (AvgIpc) is 3.32. The molecule has 0 fully saturated rings. The van der Waals surface area contributed by atoms with Crippen LogP contribution in [0.15, 0.2) is 54.6 Å². The molecule has 9 heteroatoms. The van der Waals surface area contributed by atoms with Crippen molar-refractivity contribution in [2.24, 2.45) is 0 Å². The lowest BCUT2D eigenvalue weighted by Gasteiger charge is -2.22. The number of anilines is 2. The van der Waals surface area contributed by atoms with Crippen LogP contribution in [0.25, 0.3) is 16.2 Å². The molecule has 0 unspecified atom stereocenters. The van der Waals surface area contributed by atoms with Gasteiger partial charge >= 0.3 is 0 Å². The maximum atomic E-state index is 12.5. The van der Waals surface area contributed by atoms with Gasteiger partial charge in [-0.1, -0.05) is 71.5 Å². The Bertz CT molecular complexity index is 1260. The summed E-state index contributed by atoms with van der Waals surface area (Å²) in [6, 6.07) is 17.5. The first-order chi connectivity index (χ1) is 15.7. The molecule has 2 aromatic heterocycles. The highest BCUT2D eigenvalue weighted by Crippen LogP contribution is 2.34. The molecule has 33 heavy (non-hydrogen) atoms. The molecule has 2 aromatic carbocycles. The summed E-state index contributed by atoms with van der Waals surface area (Å²) < 4.78 is 1.83. The molecule has 172 valence electrons. The molecule has 0 saturated heterocycles. The third-order valence-electron chi connectivity index (χ3n) is 4.87. The summed E-state index contributed by atoms with van der Waals surface area (Å²) in [6.07, 6.45) is 0. The molecule has 2 heterocycles. The molecule has 2 N–H and O–H groups in total. The van der Waals surface area contributed by atoms with Gasteiger partial charge in [-0.25, -0.2) is 4.98 Å². The van der Waals surface area contributed by atoms with Crippen molar-refractivity contribution in [3.05, 3.63) is 65.2 Å². The molecular weight excluding hydrogens is 456 g/mol. The van der Waals surface area contributed by atoms with Crippen LogP contribution < -0.4 is 15.5 Å². The van der Waals surface area contributed by atoms with Crippen molar-refractivity contribution in [1.29, 1.82) is 0 Å². The van der Waals surface area contributed by atoms with E-state index in [0.29, 0.717) is 16.7 Å². The number of amides is 1. The van der Waals surface area contributed by atoms with Gasteiger partial charge in [-0.2, -0.15) is 4.52 Å². The van der Waals surface area contributed by atoms with Gasteiger partial charge in [-0.15, -0.1) is 5.10 Å². The third kappa shape index (κ3) is 5.46. The van der Waals surface area contributed by atoms with Crippen molar-refractivity contribution in [2.45, 2.75) is 32.9 Å². The van der Waals surface area contributed by atoms with Crippen molar-refractivity contribution < 1.29 is 4.79 Å². The number of nitrogens with one attached hydrogen (secondary N) is 2. The van der Waals surface area contributed by atoms with Crippen LogP contribution in [0.2, 0.25) is 5.02 Å². The number of carbonyl (C=O) groups excluding carboxylic acids is 1. The quantitative estimate of drug-likeness (QED) is 0.384. The number of benzene rings is 2. The molecule has 0 bridgehead atoms. The molecule has 0 radical (unpaired) electrons. The molecule has 0 aliphatic rings. The summed E-state index contributed by atoms with van der Waals surface area (Å²) in [4.78, 5) is 19.9. The zero-order valence-corrected chi connectivity index (χ0v) is 20.7. The van der Waals surface area contributed by atoms with Crippen LogP contribution in [-0.2, 0) is 11.3 Å². The first-order valence-electron chi connectivity index (χ1n) is 10.7. The molecule has 7 nitrogen and oxygen atoms in total. The summed E-state index contributed by atoms with van der Waals surface area (Å²) >= 11 is 7.62. The van der Waals surface area contributed by atoms with Crippen LogP contribution in [-0.4, -0.2) is 39.6 Å². The number of hydrogen-bond donors (Lipinski definition) is 2. The fourth-order valence-corrected chi connectivity index (χ4v) is 4.40. The first-order valence-corrected chi connectivity index (χ1v) is 11.8. The van der Waals surface area contributed by atoms with E-state index in [1.165, 1.54) is 11.3 Å². The molecule has 0 spiro atoms. The minimum Gasteiger partial charge on any atom is -0.364 e. The summed E-state index contributed by atoms with van der Waals surface area (Å²) in [6.45, 7) is 6.86. The predicted octanol–water partition coefficient (Wildman–Crippen LogP) is 5.07. The number of aromatic nitrogens is 3. The van der Waals surface area contributed by atoms with Gasteiger partial charge in [0, 0.05) is 29.7 Å². The fraction of sp³-hybridized carbons (Fsp3) is 0.292. The molecule has 0 aliphatic heterocycles. The van der Waals surface area contributed by atoms with Crippen molar-refractivity contribution in [2.75, 3.05) is 23.8 Å². The Morgan fingerprint density at radius 2 is 1.82 bits per heavy atom. The average molecular weight is 483 g/mol. The summed E-state index contributed by atoms with van der Waals surface area (Å²) in [5, 5.41) is 12.6. The number of imidazole rings is 1. The van der Waals surface area contributed by atoms with Gasteiger partial charge in [-0.05, 0) is 32.4 Å². The SMILES string of the molecule is CN(CC(=O)NCc1ccccc1Cl)c1nn2c(NC(C)(C)C)c(-c3ccccc3)nc2s1. The van der Waals surface area contributed by atoms with E-state index in [1.807, 2.05) is 71.1 Å². The number of halogens is 1. The van der Waals surface area contributed by atoms with Crippen LogP contribution in [0.1, 0.15) is 26.3 Å². The second-order valence-corrected chi connectivity index (χ2v) is 10.2. The zero-order valence-electron chi connectivity index (χ0n) is 19.1. The van der Waals surface area contributed by atoms with E-state index < -0.39 is 0 Å². The van der Waals surface area contributed by atoms with E-state index in [0.717, 1.165) is 27.6 Å². The number of fused-ring (bicyclic) bond motifs is 1. The normalized spacial score (nSPS) is 11.5. The van der Waals surface area contributed by atoms with E-state index in [-0.39, 0.29) is 18.0 Å². The van der Waals surface area contributed by atoms with Gasteiger partial charge in [-0.3, -0.25) is 4.79 Å². The lowest BCUT2D eigenvalue weighted by atomic mass is 10.1. The van der Waals surface area contributed by atoms with Crippen LogP contribution >= 0.6 is 22.9 Å². The van der Waals surface area contributed by atoms with Crippen LogP contribution in [0.4, 0.5) is 10.9 Å². The highest BCUT2D eigenvalue weighted by Gasteiger charge is 2.23. The highest BCUT2D eigenvalue weighted by molar-refractivity contribution is 7.20. The number of hydrogen-bond acceptors (Lipinski definition) is 6. The standard InChI is InChI=1S/C24H27ClN6OS/c1-24(2,3)28-21-20(16-10-6-5-7-11-16)27-22-31(21)29-23(33-22)30(4)15-19(32)26-14-17-12-8-9-13-18(17)25/h5-13,28H,14-15H2,1-4H3,(H,26,32). The lowest BCUT2D eigenvalue weighted by molar-refractivity contribution is -0.119. The Kier molecular flexibility index (Phi) is 6.58. The maximum absolute atomic E-state index is 12.5. The van der Waals surface area contributed by atoms with Crippen LogP contribution in [0.5, 0.6) is 0 Å². The van der Waals surface area contributed by atoms with Gasteiger partial charge in [0.15, 0.2) is 5.82 Å². The lowest BCUT2D eigenvalue weighted by Crippen LogP contribution is -2.34. The molecule has 4 rings (SSSR count). The van der Waals surface area contributed by atoms with Crippen molar-refractivity contribution in [3.8, 4) is 11.3 Å². The molecule has 4 aromatic rings. The van der Waals surface area contributed by atoms with Crippen molar-refractivity contribution >= 4 is 44.8 Å². The fourth-order valence-electron chi connectivity index (χ4n) is 3.33. The Morgan fingerprint density at radius 3 is 2.52 bits per heavy atom.